The van der Waals surface area contributed by atoms with Crippen molar-refractivity contribution >= 4 is 12.4 Å². The third-order valence-electron chi connectivity index (χ3n) is 3.39. The summed E-state index contributed by atoms with van der Waals surface area (Å²) in [5.41, 5.74) is 7.76. The number of halogens is 1. The van der Waals surface area contributed by atoms with Gasteiger partial charge in [-0.05, 0) is 18.4 Å². The van der Waals surface area contributed by atoms with Gasteiger partial charge in [0, 0.05) is 17.5 Å². The van der Waals surface area contributed by atoms with Crippen LogP contribution in [0.25, 0.3) is 11.4 Å². The monoisotopic (exact) mass is 265 g/mol. The van der Waals surface area contributed by atoms with E-state index in [9.17, 15) is 0 Å². The molecule has 1 fully saturated rings. The summed E-state index contributed by atoms with van der Waals surface area (Å²) < 4.78 is 5.32. The molecule has 1 aliphatic carbocycles. The van der Waals surface area contributed by atoms with Gasteiger partial charge in [-0.1, -0.05) is 36.3 Å². The van der Waals surface area contributed by atoms with Crippen LogP contribution in [-0.4, -0.2) is 10.1 Å². The zero-order valence-electron chi connectivity index (χ0n) is 10.2. The minimum Gasteiger partial charge on any atom is -0.338 e. The summed E-state index contributed by atoms with van der Waals surface area (Å²) in [6.07, 6.45) is 2.28. The number of hydrogen-bond donors (Lipinski definition) is 1. The van der Waals surface area contributed by atoms with Gasteiger partial charge in [-0.2, -0.15) is 4.98 Å². The maximum atomic E-state index is 5.56. The number of rotatable bonds is 3. The Labute approximate surface area is 112 Å². The molecular formula is C13H16ClN3O. The second kappa shape index (κ2) is 4.71. The summed E-state index contributed by atoms with van der Waals surface area (Å²) in [5.74, 6) is 1.42. The van der Waals surface area contributed by atoms with E-state index in [1.165, 1.54) is 0 Å². The molecule has 0 atom stereocenters. The number of nitrogens with two attached hydrogens (primary N) is 1. The molecule has 1 heterocycles. The van der Waals surface area contributed by atoms with Crippen molar-refractivity contribution in [3.8, 4) is 11.4 Å². The van der Waals surface area contributed by atoms with Crippen molar-refractivity contribution < 1.29 is 4.52 Å². The van der Waals surface area contributed by atoms with Gasteiger partial charge in [-0.15, -0.1) is 12.4 Å². The molecule has 0 amide bonds. The minimum absolute atomic E-state index is 0. The van der Waals surface area contributed by atoms with E-state index >= 15 is 0 Å². The van der Waals surface area contributed by atoms with Crippen molar-refractivity contribution in [2.75, 3.05) is 0 Å². The van der Waals surface area contributed by atoms with E-state index in [1.807, 2.05) is 24.3 Å². The molecule has 0 aliphatic heterocycles. The van der Waals surface area contributed by atoms with Gasteiger partial charge in [0.05, 0.1) is 0 Å². The fourth-order valence-electron chi connectivity index (χ4n) is 1.78. The molecule has 3 rings (SSSR count). The normalized spacial score (nSPS) is 16.1. The Kier molecular flexibility index (Phi) is 3.41. The Morgan fingerprint density at radius 3 is 2.50 bits per heavy atom. The minimum atomic E-state index is 0. The Morgan fingerprint density at radius 2 is 1.94 bits per heavy atom. The molecule has 0 unspecified atom stereocenters. The van der Waals surface area contributed by atoms with E-state index in [0.29, 0.717) is 12.4 Å². The van der Waals surface area contributed by atoms with Crippen LogP contribution in [0.15, 0.2) is 28.8 Å². The zero-order valence-corrected chi connectivity index (χ0v) is 11.0. The fourth-order valence-corrected chi connectivity index (χ4v) is 1.78. The van der Waals surface area contributed by atoms with Gasteiger partial charge >= 0.3 is 0 Å². The SMILES string of the molecule is CC1(c2nc(-c3ccc(CN)cc3)no2)CC1.Cl. The zero-order chi connectivity index (χ0) is 11.9. The molecule has 1 aromatic heterocycles. The van der Waals surface area contributed by atoms with Gasteiger partial charge in [0.2, 0.25) is 11.7 Å². The van der Waals surface area contributed by atoms with Gasteiger partial charge in [0.15, 0.2) is 0 Å². The summed E-state index contributed by atoms with van der Waals surface area (Å²) in [5, 5.41) is 4.03. The van der Waals surface area contributed by atoms with Gasteiger partial charge in [-0.25, -0.2) is 0 Å². The lowest BCUT2D eigenvalue weighted by Crippen LogP contribution is -1.99. The smallest absolute Gasteiger partial charge is 0.232 e. The lowest BCUT2D eigenvalue weighted by atomic mass is 10.1. The first kappa shape index (κ1) is 13.1. The molecular weight excluding hydrogens is 250 g/mol. The largest absolute Gasteiger partial charge is 0.338 e. The lowest BCUT2D eigenvalue weighted by molar-refractivity contribution is 0.353. The second-order valence-electron chi connectivity index (χ2n) is 4.88. The number of benzene rings is 1. The molecule has 2 aromatic rings. The molecule has 2 N–H and O–H groups in total. The van der Waals surface area contributed by atoms with Crippen LogP contribution in [0.1, 0.15) is 31.2 Å². The van der Waals surface area contributed by atoms with Gasteiger partial charge < -0.3 is 10.3 Å². The maximum absolute atomic E-state index is 5.56. The van der Waals surface area contributed by atoms with Crippen LogP contribution in [0.4, 0.5) is 0 Å². The van der Waals surface area contributed by atoms with Crippen LogP contribution in [0.5, 0.6) is 0 Å². The Balaban J connectivity index is 0.00000120. The molecule has 1 aliphatic rings. The quantitative estimate of drug-likeness (QED) is 0.927. The molecule has 0 bridgehead atoms. The Bertz CT molecular complexity index is 531. The first-order valence-corrected chi connectivity index (χ1v) is 5.85. The van der Waals surface area contributed by atoms with Crippen LogP contribution >= 0.6 is 12.4 Å². The molecule has 4 nitrogen and oxygen atoms in total. The maximum Gasteiger partial charge on any atom is 0.232 e. The van der Waals surface area contributed by atoms with E-state index < -0.39 is 0 Å². The van der Waals surface area contributed by atoms with Crippen molar-refractivity contribution in [2.24, 2.45) is 5.73 Å². The van der Waals surface area contributed by atoms with Crippen molar-refractivity contribution in [3.63, 3.8) is 0 Å². The first-order chi connectivity index (χ1) is 8.21. The summed E-state index contributed by atoms with van der Waals surface area (Å²) in [4.78, 5) is 4.46. The number of aromatic nitrogens is 2. The molecule has 18 heavy (non-hydrogen) atoms. The average molecular weight is 266 g/mol. The van der Waals surface area contributed by atoms with Crippen molar-refractivity contribution in [2.45, 2.75) is 31.7 Å². The van der Waals surface area contributed by atoms with Crippen molar-refractivity contribution in [1.82, 2.24) is 10.1 Å². The molecule has 0 saturated heterocycles. The summed E-state index contributed by atoms with van der Waals surface area (Å²) >= 11 is 0. The molecule has 96 valence electrons. The summed E-state index contributed by atoms with van der Waals surface area (Å²) in [6.45, 7) is 2.71. The summed E-state index contributed by atoms with van der Waals surface area (Å²) in [7, 11) is 0. The van der Waals surface area contributed by atoms with E-state index in [2.05, 4.69) is 17.1 Å². The fraction of sp³-hybridized carbons (Fsp3) is 0.385. The van der Waals surface area contributed by atoms with E-state index in [0.717, 1.165) is 29.9 Å². The third kappa shape index (κ3) is 2.26. The van der Waals surface area contributed by atoms with Crippen LogP contribution in [0, 0.1) is 0 Å². The van der Waals surface area contributed by atoms with Crippen molar-refractivity contribution in [1.29, 1.82) is 0 Å². The highest BCUT2D eigenvalue weighted by Crippen LogP contribution is 2.46. The summed E-state index contributed by atoms with van der Waals surface area (Å²) in [6, 6.07) is 7.94. The molecule has 1 aromatic carbocycles. The van der Waals surface area contributed by atoms with E-state index in [4.69, 9.17) is 10.3 Å². The van der Waals surface area contributed by atoms with Crippen molar-refractivity contribution in [3.05, 3.63) is 35.7 Å². The average Bonchev–Trinajstić information content (AvgIpc) is 2.94. The third-order valence-corrected chi connectivity index (χ3v) is 3.39. The second-order valence-corrected chi connectivity index (χ2v) is 4.88. The number of nitrogens with zero attached hydrogens (tertiary/aromatic N) is 2. The predicted octanol–water partition coefficient (Wildman–Crippen LogP) is 2.67. The molecule has 5 heteroatoms. The van der Waals surface area contributed by atoms with Gasteiger partial charge in [0.1, 0.15) is 0 Å². The molecule has 0 radical (unpaired) electrons. The highest BCUT2D eigenvalue weighted by Gasteiger charge is 2.44. The highest BCUT2D eigenvalue weighted by molar-refractivity contribution is 5.85. The van der Waals surface area contributed by atoms with Crippen LogP contribution in [0.3, 0.4) is 0 Å². The van der Waals surface area contributed by atoms with E-state index in [-0.39, 0.29) is 17.8 Å². The van der Waals surface area contributed by atoms with Gasteiger partial charge in [-0.3, -0.25) is 0 Å². The van der Waals surface area contributed by atoms with Gasteiger partial charge in [0.25, 0.3) is 0 Å². The topological polar surface area (TPSA) is 64.9 Å². The Morgan fingerprint density at radius 1 is 1.28 bits per heavy atom. The number of hydrogen-bond acceptors (Lipinski definition) is 4. The van der Waals surface area contributed by atoms with Crippen LogP contribution in [-0.2, 0) is 12.0 Å². The van der Waals surface area contributed by atoms with Crippen LogP contribution in [0.2, 0.25) is 0 Å². The highest BCUT2D eigenvalue weighted by atomic mass is 35.5. The molecule has 1 saturated carbocycles. The standard InChI is InChI=1S/C13H15N3O.ClH/c1-13(6-7-13)12-15-11(16-17-12)10-4-2-9(8-14)3-5-10;/h2-5H,6-8,14H2,1H3;1H. The lowest BCUT2D eigenvalue weighted by Gasteiger charge is -1.98. The Hall–Kier alpha value is -1.39. The molecule has 0 spiro atoms. The van der Waals surface area contributed by atoms with E-state index in [1.54, 1.807) is 0 Å². The first-order valence-electron chi connectivity index (χ1n) is 5.85. The van der Waals surface area contributed by atoms with Crippen LogP contribution < -0.4 is 5.73 Å². The predicted molar refractivity (Wildman–Crippen MR) is 71.5 cm³/mol.